The molecule has 2 heterocycles. The molecule has 0 saturated carbocycles. The number of carbonyl (C=O) groups is 1. The van der Waals surface area contributed by atoms with Crippen molar-refractivity contribution in [3.8, 4) is 0 Å². The fourth-order valence-electron chi connectivity index (χ4n) is 2.24. The topological polar surface area (TPSA) is 76.9 Å². The Hall–Kier alpha value is -2.80. The summed E-state index contributed by atoms with van der Waals surface area (Å²) < 4.78 is 1.52. The molecular formula is C17H16N4O2S. The number of nitrogens with one attached hydrogen (secondary N) is 1. The zero-order chi connectivity index (χ0) is 17.1. The van der Waals surface area contributed by atoms with Crippen molar-refractivity contribution < 1.29 is 4.79 Å². The number of aryl methyl sites for hydroxylation is 2. The number of nitrogens with zero attached hydrogens (tertiary/aromatic N) is 3. The molecule has 0 bridgehead atoms. The fourth-order valence-corrected chi connectivity index (χ4v) is 2.82. The van der Waals surface area contributed by atoms with Crippen LogP contribution in [0.25, 0.3) is 0 Å². The van der Waals surface area contributed by atoms with Crippen molar-refractivity contribution in [3.63, 3.8) is 0 Å². The quantitative estimate of drug-likeness (QED) is 0.792. The number of benzene rings is 1. The summed E-state index contributed by atoms with van der Waals surface area (Å²) >= 11 is 1.26. The van der Waals surface area contributed by atoms with E-state index >= 15 is 0 Å². The van der Waals surface area contributed by atoms with Gasteiger partial charge in [-0.25, -0.2) is 0 Å². The van der Waals surface area contributed by atoms with E-state index in [9.17, 15) is 9.59 Å². The third-order valence-electron chi connectivity index (χ3n) is 3.48. The van der Waals surface area contributed by atoms with Crippen molar-refractivity contribution in [1.29, 1.82) is 0 Å². The van der Waals surface area contributed by atoms with Crippen LogP contribution < -0.4 is 10.9 Å². The van der Waals surface area contributed by atoms with Gasteiger partial charge in [0.05, 0.1) is 6.54 Å². The largest absolute Gasteiger partial charge is 0.310 e. The predicted molar refractivity (Wildman–Crippen MR) is 93.6 cm³/mol. The molecule has 0 spiro atoms. The first-order valence-electron chi connectivity index (χ1n) is 7.39. The average Bonchev–Trinajstić information content (AvgIpc) is 2.96. The van der Waals surface area contributed by atoms with E-state index in [1.807, 2.05) is 31.2 Å². The molecule has 0 aliphatic heterocycles. The van der Waals surface area contributed by atoms with E-state index in [4.69, 9.17) is 0 Å². The van der Waals surface area contributed by atoms with Crippen molar-refractivity contribution in [2.24, 2.45) is 0 Å². The van der Waals surface area contributed by atoms with Gasteiger partial charge in [-0.05, 0) is 31.5 Å². The second-order valence-corrected chi connectivity index (χ2v) is 6.60. The average molecular weight is 340 g/mol. The summed E-state index contributed by atoms with van der Waals surface area (Å²) in [5, 5.41) is 11.4. The standard InChI is InChI=1S/C17H16N4O2S/c1-11-5-7-13(8-6-11)10-21-9-3-4-14(16(21)23)15(22)18-17-20-19-12(2)24-17/h3-9H,10H2,1-2H3,(H,18,20,22). The first kappa shape index (κ1) is 16.1. The summed E-state index contributed by atoms with van der Waals surface area (Å²) in [7, 11) is 0. The molecule has 7 heteroatoms. The SMILES string of the molecule is Cc1ccc(Cn2cccc(C(=O)Nc3nnc(C)s3)c2=O)cc1. The van der Waals surface area contributed by atoms with E-state index in [2.05, 4.69) is 15.5 Å². The van der Waals surface area contributed by atoms with Crippen LogP contribution >= 0.6 is 11.3 Å². The van der Waals surface area contributed by atoms with Crippen LogP contribution in [0.2, 0.25) is 0 Å². The molecule has 1 aromatic carbocycles. The van der Waals surface area contributed by atoms with Gasteiger partial charge < -0.3 is 4.57 Å². The van der Waals surface area contributed by atoms with Crippen LogP contribution in [0.15, 0.2) is 47.4 Å². The highest BCUT2D eigenvalue weighted by atomic mass is 32.1. The lowest BCUT2D eigenvalue weighted by atomic mass is 10.1. The number of rotatable bonds is 4. The minimum atomic E-state index is -0.477. The molecule has 0 radical (unpaired) electrons. The molecule has 0 fully saturated rings. The summed E-state index contributed by atoms with van der Waals surface area (Å²) in [5.74, 6) is -0.477. The van der Waals surface area contributed by atoms with E-state index in [1.54, 1.807) is 19.2 Å². The van der Waals surface area contributed by atoms with Crippen molar-refractivity contribution >= 4 is 22.4 Å². The molecule has 3 aromatic rings. The number of aromatic nitrogens is 3. The van der Waals surface area contributed by atoms with Gasteiger partial charge >= 0.3 is 0 Å². The number of hydrogen-bond acceptors (Lipinski definition) is 5. The molecule has 3 rings (SSSR count). The van der Waals surface area contributed by atoms with E-state index in [0.717, 1.165) is 16.1 Å². The molecule has 1 N–H and O–H groups in total. The Morgan fingerprint density at radius 3 is 2.58 bits per heavy atom. The van der Waals surface area contributed by atoms with Gasteiger partial charge in [-0.2, -0.15) is 0 Å². The predicted octanol–water partition coefficient (Wildman–Crippen LogP) is 2.62. The minimum Gasteiger partial charge on any atom is -0.310 e. The van der Waals surface area contributed by atoms with Crippen LogP contribution in [0.3, 0.4) is 0 Å². The number of hydrogen-bond donors (Lipinski definition) is 1. The van der Waals surface area contributed by atoms with Gasteiger partial charge in [0.2, 0.25) is 5.13 Å². The highest BCUT2D eigenvalue weighted by Crippen LogP contribution is 2.14. The third-order valence-corrected chi connectivity index (χ3v) is 4.24. The van der Waals surface area contributed by atoms with Crippen LogP contribution in [0, 0.1) is 13.8 Å². The van der Waals surface area contributed by atoms with Crippen LogP contribution in [0.4, 0.5) is 5.13 Å². The maximum atomic E-state index is 12.5. The van der Waals surface area contributed by atoms with Crippen LogP contribution in [-0.2, 0) is 6.54 Å². The van der Waals surface area contributed by atoms with Gasteiger partial charge in [-0.1, -0.05) is 41.2 Å². The highest BCUT2D eigenvalue weighted by molar-refractivity contribution is 7.15. The van der Waals surface area contributed by atoms with Gasteiger partial charge in [0.25, 0.3) is 11.5 Å². The minimum absolute atomic E-state index is 0.0810. The van der Waals surface area contributed by atoms with E-state index in [0.29, 0.717) is 11.7 Å². The van der Waals surface area contributed by atoms with Crippen LogP contribution in [-0.4, -0.2) is 20.7 Å². The smallest absolute Gasteiger partial charge is 0.263 e. The second kappa shape index (κ2) is 6.76. The van der Waals surface area contributed by atoms with Gasteiger partial charge in [-0.3, -0.25) is 14.9 Å². The molecule has 2 aromatic heterocycles. The Kier molecular flexibility index (Phi) is 4.52. The maximum Gasteiger partial charge on any atom is 0.263 e. The second-order valence-electron chi connectivity index (χ2n) is 5.42. The normalized spacial score (nSPS) is 10.6. The van der Waals surface area contributed by atoms with E-state index in [1.165, 1.54) is 22.0 Å². The molecular weight excluding hydrogens is 324 g/mol. The molecule has 0 saturated heterocycles. The highest BCUT2D eigenvalue weighted by Gasteiger charge is 2.14. The Morgan fingerprint density at radius 2 is 1.92 bits per heavy atom. The molecule has 0 atom stereocenters. The molecule has 24 heavy (non-hydrogen) atoms. The lowest BCUT2D eigenvalue weighted by Gasteiger charge is -2.08. The first-order valence-corrected chi connectivity index (χ1v) is 8.21. The fraction of sp³-hybridized carbons (Fsp3) is 0.176. The Morgan fingerprint density at radius 1 is 1.17 bits per heavy atom. The summed E-state index contributed by atoms with van der Waals surface area (Å²) in [6.07, 6.45) is 1.67. The van der Waals surface area contributed by atoms with Gasteiger partial charge in [0.1, 0.15) is 10.6 Å². The summed E-state index contributed by atoms with van der Waals surface area (Å²) in [6.45, 7) is 4.22. The van der Waals surface area contributed by atoms with Crippen LogP contribution in [0.5, 0.6) is 0 Å². The number of pyridine rings is 1. The van der Waals surface area contributed by atoms with E-state index < -0.39 is 5.91 Å². The lowest BCUT2D eigenvalue weighted by Crippen LogP contribution is -2.29. The Bertz CT molecular complexity index is 928. The molecule has 0 unspecified atom stereocenters. The molecule has 122 valence electrons. The molecule has 0 aliphatic rings. The van der Waals surface area contributed by atoms with Crippen molar-refractivity contribution in [2.75, 3.05) is 5.32 Å². The maximum absolute atomic E-state index is 12.5. The zero-order valence-corrected chi connectivity index (χ0v) is 14.1. The Labute approximate surface area is 142 Å². The summed E-state index contributed by atoms with van der Waals surface area (Å²) in [5.41, 5.74) is 1.90. The van der Waals surface area contributed by atoms with Crippen molar-refractivity contribution in [3.05, 3.63) is 74.6 Å². The number of amides is 1. The zero-order valence-electron chi connectivity index (χ0n) is 13.3. The summed E-state index contributed by atoms with van der Waals surface area (Å²) in [4.78, 5) is 24.9. The number of carbonyl (C=O) groups excluding carboxylic acids is 1. The first-order chi connectivity index (χ1) is 11.5. The lowest BCUT2D eigenvalue weighted by molar-refractivity contribution is 0.102. The van der Waals surface area contributed by atoms with Crippen molar-refractivity contribution in [2.45, 2.75) is 20.4 Å². The molecule has 1 amide bonds. The van der Waals surface area contributed by atoms with Crippen LogP contribution in [0.1, 0.15) is 26.5 Å². The molecule has 6 nitrogen and oxygen atoms in total. The third kappa shape index (κ3) is 3.57. The van der Waals surface area contributed by atoms with E-state index in [-0.39, 0.29) is 11.1 Å². The number of anilines is 1. The summed E-state index contributed by atoms with van der Waals surface area (Å²) in [6, 6.07) is 11.1. The monoisotopic (exact) mass is 340 g/mol. The molecule has 0 aliphatic carbocycles. The van der Waals surface area contributed by atoms with Gasteiger partial charge in [0.15, 0.2) is 0 Å². The Balaban J connectivity index is 1.83. The van der Waals surface area contributed by atoms with Gasteiger partial charge in [-0.15, -0.1) is 10.2 Å². The van der Waals surface area contributed by atoms with Gasteiger partial charge in [0, 0.05) is 6.20 Å². The van der Waals surface area contributed by atoms with Crippen molar-refractivity contribution in [1.82, 2.24) is 14.8 Å².